The van der Waals surface area contributed by atoms with E-state index in [0.717, 1.165) is 26.2 Å². The van der Waals surface area contributed by atoms with Crippen molar-refractivity contribution in [3.05, 3.63) is 60.2 Å². The molecular formula is C19H22ClN3O3S. The van der Waals surface area contributed by atoms with Gasteiger partial charge in [-0.2, -0.15) is 0 Å². The second-order valence-electron chi connectivity index (χ2n) is 6.88. The van der Waals surface area contributed by atoms with Gasteiger partial charge in [0.25, 0.3) is 15.9 Å². The third-order valence-corrected chi connectivity index (χ3v) is 6.51. The molecular weight excluding hydrogens is 386 g/mol. The van der Waals surface area contributed by atoms with E-state index >= 15 is 0 Å². The molecule has 0 spiro atoms. The van der Waals surface area contributed by atoms with E-state index in [2.05, 4.69) is 10.0 Å². The first-order valence-electron chi connectivity index (χ1n) is 8.71. The summed E-state index contributed by atoms with van der Waals surface area (Å²) in [5.74, 6) is 1.04. The summed E-state index contributed by atoms with van der Waals surface area (Å²) in [5, 5.41) is 3.36. The molecule has 0 radical (unpaired) electrons. The molecule has 2 aliphatic heterocycles. The number of para-hydroxylation sites is 1. The number of halogens is 1. The number of benzene rings is 2. The Morgan fingerprint density at radius 1 is 0.963 bits per heavy atom. The van der Waals surface area contributed by atoms with Gasteiger partial charge in [0.15, 0.2) is 0 Å². The lowest BCUT2D eigenvalue weighted by atomic mass is 10.0. The van der Waals surface area contributed by atoms with Crippen LogP contribution in [0.15, 0.2) is 59.5 Å². The Hall–Kier alpha value is -2.09. The fourth-order valence-corrected chi connectivity index (χ4v) is 4.76. The number of hydrogen-bond donors (Lipinski definition) is 2. The molecule has 0 aliphatic carbocycles. The zero-order chi connectivity index (χ0) is 18.1. The van der Waals surface area contributed by atoms with Crippen molar-refractivity contribution < 1.29 is 13.2 Å². The molecule has 2 saturated heterocycles. The molecule has 2 atom stereocenters. The summed E-state index contributed by atoms with van der Waals surface area (Å²) >= 11 is 0. The minimum absolute atomic E-state index is 0. The third kappa shape index (κ3) is 4.10. The normalized spacial score (nSPS) is 21.4. The average Bonchev–Trinajstić information content (AvgIpc) is 3.24. The van der Waals surface area contributed by atoms with Crippen molar-refractivity contribution in [2.24, 2.45) is 11.8 Å². The first-order valence-corrected chi connectivity index (χ1v) is 10.2. The Bertz CT molecular complexity index is 892. The van der Waals surface area contributed by atoms with Gasteiger partial charge in [0.1, 0.15) is 0 Å². The predicted octanol–water partition coefficient (Wildman–Crippen LogP) is 2.20. The molecule has 0 aromatic heterocycles. The molecule has 2 N–H and O–H groups in total. The minimum atomic E-state index is -3.67. The van der Waals surface area contributed by atoms with Crippen LogP contribution in [0.3, 0.4) is 0 Å². The summed E-state index contributed by atoms with van der Waals surface area (Å²) < 4.78 is 27.5. The van der Waals surface area contributed by atoms with Gasteiger partial charge in [-0.15, -0.1) is 12.4 Å². The number of carbonyl (C=O) groups is 1. The average molecular weight is 408 g/mol. The van der Waals surface area contributed by atoms with E-state index in [0.29, 0.717) is 23.1 Å². The van der Waals surface area contributed by atoms with Crippen molar-refractivity contribution >= 4 is 34.0 Å². The standard InChI is InChI=1S/C19H21N3O3S.ClH/c23-19(22-12-15-10-20-11-16(15)13-22)14-6-8-18(9-7-14)26(24,25)21-17-4-2-1-3-5-17;/h1-9,15-16,20-21H,10-13H2;1H/t15-,16+;. The molecule has 0 unspecified atom stereocenters. The van der Waals surface area contributed by atoms with Gasteiger partial charge in [-0.3, -0.25) is 9.52 Å². The molecule has 1 amide bonds. The van der Waals surface area contributed by atoms with E-state index in [9.17, 15) is 13.2 Å². The Morgan fingerprint density at radius 2 is 1.56 bits per heavy atom. The molecule has 2 aliphatic rings. The molecule has 27 heavy (non-hydrogen) atoms. The maximum absolute atomic E-state index is 12.7. The Balaban J connectivity index is 0.00000210. The van der Waals surface area contributed by atoms with Gasteiger partial charge in [-0.25, -0.2) is 8.42 Å². The Morgan fingerprint density at radius 3 is 2.15 bits per heavy atom. The number of carbonyl (C=O) groups excluding carboxylic acids is 1. The van der Waals surface area contributed by atoms with E-state index in [4.69, 9.17) is 0 Å². The summed E-state index contributed by atoms with van der Waals surface area (Å²) in [6, 6.07) is 14.9. The van der Waals surface area contributed by atoms with Crippen molar-refractivity contribution in [3.63, 3.8) is 0 Å². The molecule has 8 heteroatoms. The van der Waals surface area contributed by atoms with Gasteiger partial charge < -0.3 is 10.2 Å². The van der Waals surface area contributed by atoms with Gasteiger partial charge in [-0.1, -0.05) is 18.2 Å². The largest absolute Gasteiger partial charge is 0.338 e. The summed E-state index contributed by atoms with van der Waals surface area (Å²) in [7, 11) is -3.67. The smallest absolute Gasteiger partial charge is 0.261 e. The molecule has 6 nitrogen and oxygen atoms in total. The van der Waals surface area contributed by atoms with Crippen LogP contribution in [0.25, 0.3) is 0 Å². The highest BCUT2D eigenvalue weighted by Crippen LogP contribution is 2.27. The number of nitrogens with one attached hydrogen (secondary N) is 2. The predicted molar refractivity (Wildman–Crippen MR) is 107 cm³/mol. The summed E-state index contributed by atoms with van der Waals surface area (Å²) in [5.41, 5.74) is 1.03. The Kier molecular flexibility index (Phi) is 5.74. The van der Waals surface area contributed by atoms with Crippen molar-refractivity contribution in [1.82, 2.24) is 10.2 Å². The topological polar surface area (TPSA) is 78.5 Å². The van der Waals surface area contributed by atoms with Crippen molar-refractivity contribution in [2.45, 2.75) is 4.90 Å². The lowest BCUT2D eigenvalue weighted by Gasteiger charge is -2.17. The Labute approximate surface area is 165 Å². The monoisotopic (exact) mass is 407 g/mol. The van der Waals surface area contributed by atoms with Crippen LogP contribution >= 0.6 is 12.4 Å². The van der Waals surface area contributed by atoms with E-state index in [1.54, 1.807) is 36.4 Å². The molecule has 144 valence electrons. The molecule has 0 bridgehead atoms. The van der Waals surface area contributed by atoms with E-state index in [1.165, 1.54) is 12.1 Å². The highest BCUT2D eigenvalue weighted by atomic mass is 35.5. The number of hydrogen-bond acceptors (Lipinski definition) is 4. The van der Waals surface area contributed by atoms with Gasteiger partial charge in [0.05, 0.1) is 4.90 Å². The van der Waals surface area contributed by atoms with Crippen LogP contribution in [0.2, 0.25) is 0 Å². The van der Waals surface area contributed by atoms with Crippen LogP contribution in [0.5, 0.6) is 0 Å². The van der Waals surface area contributed by atoms with E-state index in [-0.39, 0.29) is 23.2 Å². The quantitative estimate of drug-likeness (QED) is 0.814. The number of sulfonamides is 1. The lowest BCUT2D eigenvalue weighted by molar-refractivity contribution is 0.0781. The second-order valence-corrected chi connectivity index (χ2v) is 8.57. The molecule has 2 aromatic carbocycles. The number of fused-ring (bicyclic) bond motifs is 1. The first-order chi connectivity index (χ1) is 12.5. The fourth-order valence-electron chi connectivity index (χ4n) is 3.70. The molecule has 2 heterocycles. The van der Waals surface area contributed by atoms with Crippen LogP contribution in [0.1, 0.15) is 10.4 Å². The zero-order valence-electron chi connectivity index (χ0n) is 14.7. The van der Waals surface area contributed by atoms with E-state index in [1.807, 2.05) is 11.0 Å². The number of likely N-dealkylation sites (tertiary alicyclic amines) is 1. The summed E-state index contributed by atoms with van der Waals surface area (Å²) in [4.78, 5) is 14.7. The summed E-state index contributed by atoms with van der Waals surface area (Å²) in [6.45, 7) is 3.48. The van der Waals surface area contributed by atoms with Crippen LogP contribution in [-0.2, 0) is 10.0 Å². The third-order valence-electron chi connectivity index (χ3n) is 5.11. The molecule has 2 fully saturated rings. The number of nitrogens with zero attached hydrogens (tertiary/aromatic N) is 1. The molecule has 2 aromatic rings. The maximum atomic E-state index is 12.7. The second kappa shape index (κ2) is 7.88. The van der Waals surface area contributed by atoms with Gasteiger partial charge in [0, 0.05) is 37.4 Å². The fraction of sp³-hybridized carbons (Fsp3) is 0.316. The van der Waals surface area contributed by atoms with Crippen LogP contribution in [0.4, 0.5) is 5.69 Å². The lowest BCUT2D eigenvalue weighted by Crippen LogP contribution is -2.31. The van der Waals surface area contributed by atoms with Gasteiger partial charge in [0.2, 0.25) is 0 Å². The summed E-state index contributed by atoms with van der Waals surface area (Å²) in [6.07, 6.45) is 0. The number of amides is 1. The molecule has 4 rings (SSSR count). The minimum Gasteiger partial charge on any atom is -0.338 e. The van der Waals surface area contributed by atoms with Gasteiger partial charge >= 0.3 is 0 Å². The number of anilines is 1. The maximum Gasteiger partial charge on any atom is 0.261 e. The first kappa shape index (κ1) is 19.7. The highest BCUT2D eigenvalue weighted by Gasteiger charge is 2.38. The highest BCUT2D eigenvalue weighted by molar-refractivity contribution is 7.92. The van der Waals surface area contributed by atoms with Crippen LogP contribution in [-0.4, -0.2) is 45.4 Å². The van der Waals surface area contributed by atoms with Crippen LogP contribution < -0.4 is 10.0 Å². The van der Waals surface area contributed by atoms with E-state index < -0.39 is 10.0 Å². The van der Waals surface area contributed by atoms with Crippen LogP contribution in [0, 0.1) is 11.8 Å². The van der Waals surface area contributed by atoms with Crippen molar-refractivity contribution in [2.75, 3.05) is 30.9 Å². The molecule has 0 saturated carbocycles. The zero-order valence-corrected chi connectivity index (χ0v) is 16.3. The van der Waals surface area contributed by atoms with Crippen molar-refractivity contribution in [1.29, 1.82) is 0 Å². The van der Waals surface area contributed by atoms with Crippen molar-refractivity contribution in [3.8, 4) is 0 Å². The number of rotatable bonds is 4. The van der Waals surface area contributed by atoms with Gasteiger partial charge in [-0.05, 0) is 48.2 Å². The SMILES string of the molecule is Cl.O=C(c1ccc(S(=O)(=O)Nc2ccccc2)cc1)N1C[C@H]2CNC[C@H]2C1.